The van der Waals surface area contributed by atoms with Crippen LogP contribution in [0.3, 0.4) is 0 Å². The first-order chi connectivity index (χ1) is 11.5. The summed E-state index contributed by atoms with van der Waals surface area (Å²) in [4.78, 5) is 3.97. The normalized spacial score (nSPS) is 17.2. The molecule has 0 atom stereocenters. The predicted molar refractivity (Wildman–Crippen MR) is 99.0 cm³/mol. The Labute approximate surface area is 152 Å². The molecule has 2 aromatic rings. The van der Waals surface area contributed by atoms with Gasteiger partial charge < -0.3 is 0 Å². The van der Waals surface area contributed by atoms with E-state index in [2.05, 4.69) is 27.1 Å². The predicted octanol–water partition coefficient (Wildman–Crippen LogP) is 3.59. The third-order valence-corrected chi connectivity index (χ3v) is 7.14. The van der Waals surface area contributed by atoms with Crippen molar-refractivity contribution in [1.82, 2.24) is 9.62 Å². The van der Waals surface area contributed by atoms with Crippen LogP contribution in [0.5, 0.6) is 0 Å². The second kappa shape index (κ2) is 7.97. The lowest BCUT2D eigenvalue weighted by molar-refractivity contribution is 0.180. The van der Waals surface area contributed by atoms with Crippen molar-refractivity contribution in [2.45, 2.75) is 24.3 Å². The van der Waals surface area contributed by atoms with E-state index in [0.717, 1.165) is 32.5 Å². The van der Waals surface area contributed by atoms with Crippen molar-refractivity contribution in [1.29, 1.82) is 0 Å². The molecule has 1 fully saturated rings. The molecule has 7 heteroatoms. The van der Waals surface area contributed by atoms with Crippen molar-refractivity contribution in [2.24, 2.45) is 5.92 Å². The van der Waals surface area contributed by atoms with Gasteiger partial charge in [-0.2, -0.15) is 0 Å². The summed E-state index contributed by atoms with van der Waals surface area (Å²) in [5, 5.41) is 2.36. The molecule has 130 valence electrons. The number of nitrogens with one attached hydrogen (secondary N) is 1. The van der Waals surface area contributed by atoms with Crippen LogP contribution in [0.15, 0.2) is 46.7 Å². The summed E-state index contributed by atoms with van der Waals surface area (Å²) >= 11 is 7.78. The first-order valence-electron chi connectivity index (χ1n) is 8.03. The smallest absolute Gasteiger partial charge is 0.242 e. The first-order valence-corrected chi connectivity index (χ1v) is 10.8. The van der Waals surface area contributed by atoms with E-state index in [0.29, 0.717) is 12.5 Å². The van der Waals surface area contributed by atoms with Gasteiger partial charge in [-0.3, -0.25) is 4.90 Å². The highest BCUT2D eigenvalue weighted by atomic mass is 35.5. The molecule has 3 rings (SSSR count). The third-order valence-electron chi connectivity index (χ3n) is 4.35. The second-order valence-electron chi connectivity index (χ2n) is 6.08. The van der Waals surface area contributed by atoms with Gasteiger partial charge in [-0.05, 0) is 55.4 Å². The Bertz CT molecular complexity index is 755. The van der Waals surface area contributed by atoms with E-state index in [-0.39, 0.29) is 9.92 Å². The molecule has 24 heavy (non-hydrogen) atoms. The number of thiophene rings is 1. The molecule has 0 aliphatic carbocycles. The van der Waals surface area contributed by atoms with Crippen LogP contribution in [0.4, 0.5) is 0 Å². The summed E-state index contributed by atoms with van der Waals surface area (Å²) < 4.78 is 27.5. The highest BCUT2D eigenvalue weighted by Gasteiger charge is 2.23. The molecular formula is C17H21ClN2O2S2. The van der Waals surface area contributed by atoms with Crippen molar-refractivity contribution in [3.8, 4) is 0 Å². The lowest BCUT2D eigenvalue weighted by atomic mass is 9.97. The van der Waals surface area contributed by atoms with E-state index in [1.54, 1.807) is 29.5 Å². The largest absolute Gasteiger partial charge is 0.298 e. The Kier molecular flexibility index (Phi) is 5.94. The average Bonchev–Trinajstić information content (AvgIpc) is 3.07. The van der Waals surface area contributed by atoms with Gasteiger partial charge in [0.25, 0.3) is 0 Å². The lowest BCUT2D eigenvalue weighted by Crippen LogP contribution is -2.38. The van der Waals surface area contributed by atoms with E-state index in [1.807, 2.05) is 0 Å². The molecule has 0 unspecified atom stereocenters. The minimum absolute atomic E-state index is 0.154. The molecule has 0 radical (unpaired) electrons. The third kappa shape index (κ3) is 4.58. The molecule has 1 aliphatic heterocycles. The monoisotopic (exact) mass is 384 g/mol. The Morgan fingerprint density at radius 2 is 1.92 bits per heavy atom. The fourth-order valence-electron chi connectivity index (χ4n) is 2.94. The quantitative estimate of drug-likeness (QED) is 0.827. The van der Waals surface area contributed by atoms with Crippen LogP contribution in [0.25, 0.3) is 0 Å². The maximum Gasteiger partial charge on any atom is 0.242 e. The number of nitrogens with zero attached hydrogens (tertiary/aromatic N) is 1. The molecule has 0 amide bonds. The van der Waals surface area contributed by atoms with Crippen molar-refractivity contribution >= 4 is 33.0 Å². The van der Waals surface area contributed by atoms with E-state index in [1.165, 1.54) is 10.9 Å². The molecule has 0 saturated carbocycles. The minimum atomic E-state index is -3.54. The number of benzene rings is 1. The number of piperidine rings is 1. The molecule has 1 N–H and O–H groups in total. The maximum atomic E-state index is 12.4. The van der Waals surface area contributed by atoms with E-state index in [4.69, 9.17) is 11.6 Å². The van der Waals surface area contributed by atoms with Crippen LogP contribution in [-0.4, -0.2) is 33.0 Å². The highest BCUT2D eigenvalue weighted by molar-refractivity contribution is 7.89. The van der Waals surface area contributed by atoms with Gasteiger partial charge in [0.05, 0.1) is 5.02 Å². The fourth-order valence-corrected chi connectivity index (χ4v) is 5.32. The van der Waals surface area contributed by atoms with Gasteiger partial charge >= 0.3 is 0 Å². The second-order valence-corrected chi connectivity index (χ2v) is 9.26. The Balaban J connectivity index is 1.49. The van der Waals surface area contributed by atoms with Gasteiger partial charge in [0.1, 0.15) is 4.90 Å². The summed E-state index contributed by atoms with van der Waals surface area (Å²) in [5.74, 6) is 0.377. The van der Waals surface area contributed by atoms with E-state index >= 15 is 0 Å². The number of rotatable bonds is 6. The van der Waals surface area contributed by atoms with Crippen LogP contribution in [0.2, 0.25) is 5.02 Å². The van der Waals surface area contributed by atoms with Crippen LogP contribution >= 0.6 is 22.9 Å². The molecule has 0 spiro atoms. The summed E-state index contributed by atoms with van der Waals surface area (Å²) in [5.41, 5.74) is 0. The van der Waals surface area contributed by atoms with Crippen molar-refractivity contribution in [2.75, 3.05) is 19.6 Å². The lowest BCUT2D eigenvalue weighted by Gasteiger charge is -2.31. The van der Waals surface area contributed by atoms with Crippen LogP contribution in [0, 0.1) is 5.92 Å². The molecule has 4 nitrogen and oxygen atoms in total. The van der Waals surface area contributed by atoms with Gasteiger partial charge in [0.2, 0.25) is 10.0 Å². The van der Waals surface area contributed by atoms with Crippen molar-refractivity contribution in [3.63, 3.8) is 0 Å². The van der Waals surface area contributed by atoms with Crippen LogP contribution in [0.1, 0.15) is 17.7 Å². The van der Waals surface area contributed by atoms with Crippen LogP contribution < -0.4 is 4.72 Å². The van der Waals surface area contributed by atoms with Crippen molar-refractivity contribution in [3.05, 3.63) is 51.7 Å². The maximum absolute atomic E-state index is 12.4. The van der Waals surface area contributed by atoms with Gasteiger partial charge in [0, 0.05) is 18.0 Å². The van der Waals surface area contributed by atoms with Gasteiger partial charge in [0.15, 0.2) is 0 Å². The number of likely N-dealkylation sites (tertiary alicyclic amines) is 1. The molecular weight excluding hydrogens is 364 g/mol. The van der Waals surface area contributed by atoms with E-state index < -0.39 is 10.0 Å². The van der Waals surface area contributed by atoms with Gasteiger partial charge in [-0.15, -0.1) is 11.3 Å². The van der Waals surface area contributed by atoms with E-state index in [9.17, 15) is 8.42 Å². The molecule has 1 aromatic heterocycles. The average molecular weight is 385 g/mol. The Morgan fingerprint density at radius 3 is 2.58 bits per heavy atom. The van der Waals surface area contributed by atoms with Gasteiger partial charge in [-0.25, -0.2) is 13.1 Å². The highest BCUT2D eigenvalue weighted by Crippen LogP contribution is 2.23. The molecule has 1 aromatic carbocycles. The van der Waals surface area contributed by atoms with Crippen molar-refractivity contribution < 1.29 is 8.42 Å². The minimum Gasteiger partial charge on any atom is -0.298 e. The van der Waals surface area contributed by atoms with Crippen LogP contribution in [-0.2, 0) is 16.6 Å². The summed E-state index contributed by atoms with van der Waals surface area (Å²) in [7, 11) is -3.54. The number of hydrogen-bond donors (Lipinski definition) is 1. The number of sulfonamides is 1. The first kappa shape index (κ1) is 17.9. The summed E-state index contributed by atoms with van der Waals surface area (Å²) in [6.07, 6.45) is 2.02. The number of halogens is 1. The Hall–Kier alpha value is -0.920. The SMILES string of the molecule is O=S(=O)(NCC1CCN(Cc2cccs2)CC1)c1ccccc1Cl. The molecule has 1 aliphatic rings. The zero-order valence-electron chi connectivity index (χ0n) is 13.3. The summed E-state index contributed by atoms with van der Waals surface area (Å²) in [6.45, 7) is 3.49. The fraction of sp³-hybridized carbons (Fsp3) is 0.412. The van der Waals surface area contributed by atoms with Gasteiger partial charge in [-0.1, -0.05) is 29.8 Å². The zero-order chi connectivity index (χ0) is 17.0. The topological polar surface area (TPSA) is 49.4 Å². The summed E-state index contributed by atoms with van der Waals surface area (Å²) in [6, 6.07) is 10.8. The zero-order valence-corrected chi connectivity index (χ0v) is 15.7. The molecule has 2 heterocycles. The Morgan fingerprint density at radius 1 is 1.17 bits per heavy atom. The molecule has 0 bridgehead atoms. The standard InChI is InChI=1S/C17H21ClN2O2S2/c18-16-5-1-2-6-17(16)24(21,22)19-12-14-7-9-20(10-8-14)13-15-4-3-11-23-15/h1-6,11,14,19H,7-10,12-13H2. The number of hydrogen-bond acceptors (Lipinski definition) is 4. The molecule has 1 saturated heterocycles.